The van der Waals surface area contributed by atoms with Gasteiger partial charge in [-0.3, -0.25) is 4.79 Å². The first-order valence-corrected chi connectivity index (χ1v) is 22.7. The third-order valence-corrected chi connectivity index (χ3v) is 10.4. The third-order valence-electron chi connectivity index (χ3n) is 10.4. The number of unbranched alkanes of at least 4 members (excludes halogenated alkanes) is 31. The number of allylic oxidation sites excluding steroid dienone is 4. The van der Waals surface area contributed by atoms with Gasteiger partial charge in [-0.1, -0.05) is 206 Å². The Hall–Kier alpha value is -1.05. The molecule has 290 valence electrons. The summed E-state index contributed by atoms with van der Waals surface area (Å²) in [6.45, 7) is 6.74. The molecular formula is C47H90O2. The lowest BCUT2D eigenvalue weighted by Crippen LogP contribution is -2.17. The molecule has 1 unspecified atom stereocenters. The van der Waals surface area contributed by atoms with Crippen LogP contribution in [0.15, 0.2) is 24.3 Å². The molecule has 0 amide bonds. The summed E-state index contributed by atoms with van der Waals surface area (Å²) in [5.74, 6) is 0.0326. The predicted octanol–water partition coefficient (Wildman–Crippen LogP) is 16.9. The van der Waals surface area contributed by atoms with Crippen molar-refractivity contribution in [2.75, 3.05) is 0 Å². The van der Waals surface area contributed by atoms with Gasteiger partial charge in [0.2, 0.25) is 0 Å². The summed E-state index contributed by atoms with van der Waals surface area (Å²) >= 11 is 0. The second-order valence-corrected chi connectivity index (χ2v) is 15.4. The van der Waals surface area contributed by atoms with E-state index in [-0.39, 0.29) is 12.1 Å². The number of carbonyl (C=O) groups is 1. The molecule has 0 N–H and O–H groups in total. The lowest BCUT2D eigenvalue weighted by atomic mass is 10.0. The molecule has 0 rings (SSSR count). The van der Waals surface area contributed by atoms with Gasteiger partial charge in [-0.15, -0.1) is 0 Å². The van der Waals surface area contributed by atoms with Gasteiger partial charge in [0, 0.05) is 6.42 Å². The number of hydrogen-bond donors (Lipinski definition) is 0. The highest BCUT2D eigenvalue weighted by atomic mass is 16.5. The average molecular weight is 687 g/mol. The summed E-state index contributed by atoms with van der Waals surface area (Å²) in [5.41, 5.74) is 0. The van der Waals surface area contributed by atoms with Crippen LogP contribution in [0, 0.1) is 0 Å². The zero-order valence-electron chi connectivity index (χ0n) is 34.1. The topological polar surface area (TPSA) is 26.3 Å². The molecular weight excluding hydrogens is 597 g/mol. The van der Waals surface area contributed by atoms with Gasteiger partial charge < -0.3 is 4.74 Å². The van der Waals surface area contributed by atoms with Gasteiger partial charge in [-0.25, -0.2) is 0 Å². The molecule has 0 aromatic carbocycles. The summed E-state index contributed by atoms with van der Waals surface area (Å²) in [6, 6.07) is 0. The van der Waals surface area contributed by atoms with Gasteiger partial charge in [0.05, 0.1) is 0 Å². The van der Waals surface area contributed by atoms with Crippen LogP contribution in [0.1, 0.15) is 265 Å². The van der Waals surface area contributed by atoms with Crippen molar-refractivity contribution in [1.82, 2.24) is 0 Å². The third kappa shape index (κ3) is 41.3. The maximum absolute atomic E-state index is 12.4. The van der Waals surface area contributed by atoms with Crippen LogP contribution in [0.3, 0.4) is 0 Å². The Morgan fingerprint density at radius 1 is 0.388 bits per heavy atom. The van der Waals surface area contributed by atoms with Gasteiger partial charge in [0.1, 0.15) is 6.10 Å². The second-order valence-electron chi connectivity index (χ2n) is 15.4. The highest BCUT2D eigenvalue weighted by molar-refractivity contribution is 5.69. The first-order chi connectivity index (χ1) is 24.2. The van der Waals surface area contributed by atoms with Gasteiger partial charge in [-0.05, 0) is 77.0 Å². The molecule has 0 aliphatic heterocycles. The Morgan fingerprint density at radius 3 is 1.00 bits per heavy atom. The van der Waals surface area contributed by atoms with E-state index in [1.165, 1.54) is 218 Å². The molecule has 0 aliphatic rings. The van der Waals surface area contributed by atoms with Crippen LogP contribution in [0.4, 0.5) is 0 Å². The zero-order chi connectivity index (χ0) is 35.6. The summed E-state index contributed by atoms with van der Waals surface area (Å²) in [4.78, 5) is 12.4. The number of esters is 1. The van der Waals surface area contributed by atoms with Crippen LogP contribution >= 0.6 is 0 Å². The molecule has 1 atom stereocenters. The fraction of sp³-hybridized carbons (Fsp3) is 0.894. The fourth-order valence-electron chi connectivity index (χ4n) is 6.97. The fourth-order valence-corrected chi connectivity index (χ4v) is 6.97. The van der Waals surface area contributed by atoms with Gasteiger partial charge in [0.15, 0.2) is 0 Å². The maximum atomic E-state index is 12.4. The van der Waals surface area contributed by atoms with Crippen molar-refractivity contribution in [2.24, 2.45) is 0 Å². The van der Waals surface area contributed by atoms with Gasteiger partial charge >= 0.3 is 5.97 Å². The van der Waals surface area contributed by atoms with E-state index in [1.807, 2.05) is 0 Å². The van der Waals surface area contributed by atoms with Crippen molar-refractivity contribution in [1.29, 1.82) is 0 Å². The summed E-state index contributed by atoms with van der Waals surface area (Å²) < 4.78 is 5.82. The molecule has 2 heteroatoms. The van der Waals surface area contributed by atoms with E-state index in [2.05, 4.69) is 45.1 Å². The van der Waals surface area contributed by atoms with Crippen molar-refractivity contribution < 1.29 is 9.53 Å². The lowest BCUT2D eigenvalue weighted by molar-refractivity contribution is -0.149. The van der Waals surface area contributed by atoms with E-state index < -0.39 is 0 Å². The summed E-state index contributed by atoms with van der Waals surface area (Å²) in [6.07, 6.45) is 59.5. The maximum Gasteiger partial charge on any atom is 0.306 e. The van der Waals surface area contributed by atoms with Crippen molar-refractivity contribution in [3.8, 4) is 0 Å². The number of carbonyl (C=O) groups excluding carboxylic acids is 1. The first-order valence-electron chi connectivity index (χ1n) is 22.7. The van der Waals surface area contributed by atoms with Gasteiger partial charge in [-0.2, -0.15) is 0 Å². The van der Waals surface area contributed by atoms with E-state index in [0.717, 1.165) is 19.3 Å². The molecule has 2 nitrogen and oxygen atoms in total. The number of ether oxygens (including phenoxy) is 1. The summed E-state index contributed by atoms with van der Waals surface area (Å²) in [7, 11) is 0. The monoisotopic (exact) mass is 687 g/mol. The number of rotatable bonds is 41. The van der Waals surface area contributed by atoms with E-state index in [0.29, 0.717) is 6.42 Å². The first kappa shape index (κ1) is 48.0. The van der Waals surface area contributed by atoms with E-state index in [4.69, 9.17) is 4.74 Å². The minimum atomic E-state index is 0.0326. The average Bonchev–Trinajstić information content (AvgIpc) is 3.11. The van der Waals surface area contributed by atoms with E-state index in [1.54, 1.807) is 0 Å². The van der Waals surface area contributed by atoms with Crippen LogP contribution in [0.2, 0.25) is 0 Å². The Kier molecular flexibility index (Phi) is 42.2. The molecule has 49 heavy (non-hydrogen) atoms. The highest BCUT2D eigenvalue weighted by Gasteiger charge is 2.12. The standard InChI is InChI=1S/C47H90O2/c1-4-7-9-11-13-15-17-19-21-22-23-24-25-26-27-28-29-31-33-35-37-39-41-43-45-47(48)49-46(6-3)44-42-40-38-36-34-32-30-20-18-16-14-12-10-8-5-2/h20,27-28,30,46H,4-19,21-26,29,31-45H2,1-3H3/b28-27+,30-20+. The van der Waals surface area contributed by atoms with Crippen molar-refractivity contribution in [3.05, 3.63) is 24.3 Å². The summed E-state index contributed by atoms with van der Waals surface area (Å²) in [5, 5.41) is 0. The molecule has 0 spiro atoms. The van der Waals surface area contributed by atoms with Crippen LogP contribution < -0.4 is 0 Å². The largest absolute Gasteiger partial charge is 0.462 e. The molecule has 0 heterocycles. The Balaban J connectivity index is 3.41. The lowest BCUT2D eigenvalue weighted by Gasteiger charge is -2.16. The van der Waals surface area contributed by atoms with Crippen LogP contribution in [0.5, 0.6) is 0 Å². The smallest absolute Gasteiger partial charge is 0.306 e. The number of hydrogen-bond acceptors (Lipinski definition) is 2. The molecule has 0 aliphatic carbocycles. The van der Waals surface area contributed by atoms with Gasteiger partial charge in [0.25, 0.3) is 0 Å². The van der Waals surface area contributed by atoms with Crippen LogP contribution in [-0.2, 0) is 9.53 Å². The van der Waals surface area contributed by atoms with Crippen molar-refractivity contribution in [3.63, 3.8) is 0 Å². The predicted molar refractivity (Wildman–Crippen MR) is 221 cm³/mol. The Labute approximate surface area is 309 Å². The van der Waals surface area contributed by atoms with Crippen molar-refractivity contribution >= 4 is 5.97 Å². The second kappa shape index (κ2) is 43.1. The minimum absolute atomic E-state index is 0.0326. The highest BCUT2D eigenvalue weighted by Crippen LogP contribution is 2.17. The molecule has 0 saturated carbocycles. The molecule has 0 aromatic heterocycles. The van der Waals surface area contributed by atoms with E-state index >= 15 is 0 Å². The Bertz CT molecular complexity index is 680. The molecule has 0 saturated heterocycles. The molecule has 0 aromatic rings. The quantitative estimate of drug-likeness (QED) is 0.0363. The van der Waals surface area contributed by atoms with Crippen LogP contribution in [0.25, 0.3) is 0 Å². The molecule has 0 bridgehead atoms. The van der Waals surface area contributed by atoms with Crippen LogP contribution in [-0.4, -0.2) is 12.1 Å². The SMILES string of the molecule is CCCCCCCC/C=C/CCCCCCCC(CC)OC(=O)CCCCCCCCC/C=C/CCCCCCCCCCCCCCC. The van der Waals surface area contributed by atoms with E-state index in [9.17, 15) is 4.79 Å². The molecule has 0 fully saturated rings. The molecule has 0 radical (unpaired) electrons. The van der Waals surface area contributed by atoms with Crippen molar-refractivity contribution in [2.45, 2.75) is 271 Å². The zero-order valence-corrected chi connectivity index (χ0v) is 34.1. The normalized spacial score (nSPS) is 12.5. The Morgan fingerprint density at radius 2 is 0.673 bits per heavy atom. The minimum Gasteiger partial charge on any atom is -0.462 e.